The molecule has 1 spiro atoms. The zero-order valence-corrected chi connectivity index (χ0v) is 31.8. The SMILES string of the molecule is CC1=C2CC3C(CC=C4CC(=O)CCC43C)C2CCC12O[C@@H]1CC(C)CN(CCNC(=O)CCCCCNC(=O)CCc3ccccc3)C1[C@H]2C. The zero-order chi connectivity index (χ0) is 35.8. The molecule has 4 aliphatic carbocycles. The molecular weight excluding hydrogens is 635 g/mol. The summed E-state index contributed by atoms with van der Waals surface area (Å²) in [5, 5.41) is 6.25. The molecule has 51 heavy (non-hydrogen) atoms. The Balaban J connectivity index is 0.881. The summed E-state index contributed by atoms with van der Waals surface area (Å²) in [6.45, 7) is 13.0. The molecule has 7 nitrogen and oxygen atoms in total. The van der Waals surface area contributed by atoms with Crippen molar-refractivity contribution in [3.63, 3.8) is 0 Å². The fraction of sp³-hybridized carbons (Fsp3) is 0.705. The van der Waals surface area contributed by atoms with Crippen LogP contribution >= 0.6 is 0 Å². The van der Waals surface area contributed by atoms with Crippen molar-refractivity contribution in [2.24, 2.45) is 35.0 Å². The van der Waals surface area contributed by atoms with Crippen LogP contribution in [-0.2, 0) is 25.5 Å². The van der Waals surface area contributed by atoms with E-state index in [0.717, 1.165) is 70.9 Å². The minimum Gasteiger partial charge on any atom is -0.365 e. The number of aryl methyl sites for hydroxylation is 1. The van der Waals surface area contributed by atoms with E-state index in [0.29, 0.717) is 73.8 Å². The molecule has 2 aliphatic heterocycles. The second-order valence-electron chi connectivity index (χ2n) is 17.5. The van der Waals surface area contributed by atoms with Crippen molar-refractivity contribution in [2.75, 3.05) is 26.2 Å². The van der Waals surface area contributed by atoms with Crippen molar-refractivity contribution < 1.29 is 19.1 Å². The molecule has 4 fully saturated rings. The summed E-state index contributed by atoms with van der Waals surface area (Å²) in [5.74, 6) is 3.68. The highest BCUT2D eigenvalue weighted by Gasteiger charge is 2.61. The number of hydrogen-bond donors (Lipinski definition) is 2. The zero-order valence-electron chi connectivity index (χ0n) is 31.8. The van der Waals surface area contributed by atoms with Gasteiger partial charge in [-0.25, -0.2) is 0 Å². The number of unbranched alkanes of at least 4 members (excludes halogenated alkanes) is 2. The van der Waals surface area contributed by atoms with Crippen LogP contribution in [0.2, 0.25) is 0 Å². The third kappa shape index (κ3) is 7.28. The van der Waals surface area contributed by atoms with Gasteiger partial charge in [0.1, 0.15) is 5.78 Å². The number of allylic oxidation sites excluding steroid dienone is 3. The molecule has 278 valence electrons. The van der Waals surface area contributed by atoms with Crippen LogP contribution in [0.5, 0.6) is 0 Å². The van der Waals surface area contributed by atoms with Crippen LogP contribution in [-0.4, -0.2) is 66.4 Å². The normalized spacial score (nSPS) is 35.9. The van der Waals surface area contributed by atoms with Gasteiger partial charge in [-0.05, 0) is 105 Å². The van der Waals surface area contributed by atoms with E-state index in [9.17, 15) is 14.4 Å². The molecule has 9 atom stereocenters. The number of piperidine rings is 1. The van der Waals surface area contributed by atoms with Crippen molar-refractivity contribution in [2.45, 2.75) is 135 Å². The lowest BCUT2D eigenvalue weighted by atomic mass is 9.57. The Morgan fingerprint density at radius 1 is 1.00 bits per heavy atom. The minimum absolute atomic E-state index is 0.0962. The number of hydrogen-bond acceptors (Lipinski definition) is 5. The first-order valence-electron chi connectivity index (χ1n) is 20.5. The number of carbonyl (C=O) groups excluding carboxylic acids is 3. The summed E-state index contributed by atoms with van der Waals surface area (Å²) < 4.78 is 7.32. The highest BCUT2D eigenvalue weighted by atomic mass is 16.5. The summed E-state index contributed by atoms with van der Waals surface area (Å²) in [4.78, 5) is 40.0. The molecule has 2 amide bonds. The monoisotopic (exact) mass is 697 g/mol. The second-order valence-corrected chi connectivity index (χ2v) is 17.5. The molecule has 2 heterocycles. The predicted octanol–water partition coefficient (Wildman–Crippen LogP) is 7.35. The van der Waals surface area contributed by atoms with E-state index < -0.39 is 0 Å². The highest BCUT2D eigenvalue weighted by molar-refractivity contribution is 5.82. The number of ketones is 1. The molecule has 6 aliphatic rings. The van der Waals surface area contributed by atoms with Crippen LogP contribution in [0.25, 0.3) is 0 Å². The van der Waals surface area contributed by atoms with Crippen LogP contribution in [0.3, 0.4) is 0 Å². The number of carbonyl (C=O) groups is 3. The van der Waals surface area contributed by atoms with E-state index in [-0.39, 0.29) is 28.9 Å². The summed E-state index contributed by atoms with van der Waals surface area (Å²) in [6, 6.07) is 10.5. The summed E-state index contributed by atoms with van der Waals surface area (Å²) in [6.07, 6.45) is 15.4. The first-order chi connectivity index (χ1) is 24.6. The first kappa shape index (κ1) is 36.6. The predicted molar refractivity (Wildman–Crippen MR) is 202 cm³/mol. The fourth-order valence-corrected chi connectivity index (χ4v) is 11.8. The van der Waals surface area contributed by atoms with Crippen LogP contribution in [0, 0.1) is 35.0 Å². The Morgan fingerprint density at radius 3 is 2.61 bits per heavy atom. The van der Waals surface area contributed by atoms with Crippen molar-refractivity contribution >= 4 is 17.6 Å². The highest BCUT2D eigenvalue weighted by Crippen LogP contribution is 2.65. The quantitative estimate of drug-likeness (QED) is 0.176. The van der Waals surface area contributed by atoms with Crippen LogP contribution in [0.1, 0.15) is 117 Å². The second kappa shape index (κ2) is 15.3. The standard InChI is InChI=1S/C44H63N3O4/c1-29-25-39-42(47(28-29)24-23-46-40(49)13-9-6-10-22-45-41(50)17-14-32-11-7-5-8-12-32)31(3)44(51-39)21-19-35-36-16-15-33-26-34(48)18-20-43(33,4)38(36)27-37(35)30(44)2/h5,7-8,11-12,15,29,31,35-36,38-39,42H,6,9-10,13-14,16-28H2,1-4H3,(H,45,50)(H,46,49)/t29?,31-,35?,36?,38?,39-,42?,43?,44?/m1/s1. The van der Waals surface area contributed by atoms with Gasteiger partial charge in [0, 0.05) is 63.8 Å². The van der Waals surface area contributed by atoms with Gasteiger partial charge in [-0.15, -0.1) is 0 Å². The first-order valence-corrected chi connectivity index (χ1v) is 20.5. The van der Waals surface area contributed by atoms with Crippen LogP contribution in [0.4, 0.5) is 0 Å². The molecule has 0 aromatic heterocycles. The Morgan fingerprint density at radius 2 is 1.78 bits per heavy atom. The number of benzene rings is 1. The van der Waals surface area contributed by atoms with Crippen molar-refractivity contribution in [3.05, 3.63) is 58.7 Å². The molecule has 7 unspecified atom stereocenters. The van der Waals surface area contributed by atoms with E-state index in [1.54, 1.807) is 11.1 Å². The van der Waals surface area contributed by atoms with E-state index in [4.69, 9.17) is 4.74 Å². The maximum atomic E-state index is 12.8. The van der Waals surface area contributed by atoms with E-state index in [2.05, 4.69) is 61.4 Å². The Kier molecular flexibility index (Phi) is 11.0. The topological polar surface area (TPSA) is 87.7 Å². The van der Waals surface area contributed by atoms with Gasteiger partial charge in [-0.1, -0.05) is 74.7 Å². The molecule has 2 saturated heterocycles. The van der Waals surface area contributed by atoms with Gasteiger partial charge < -0.3 is 15.4 Å². The summed E-state index contributed by atoms with van der Waals surface area (Å²) >= 11 is 0. The molecule has 7 heteroatoms. The molecule has 0 bridgehead atoms. The Bertz CT molecular complexity index is 1520. The average Bonchev–Trinajstić information content (AvgIpc) is 3.64. The number of nitrogens with one attached hydrogen (secondary N) is 2. The van der Waals surface area contributed by atoms with Gasteiger partial charge >= 0.3 is 0 Å². The number of ether oxygens (including phenoxy) is 1. The van der Waals surface area contributed by atoms with Crippen LogP contribution in [0.15, 0.2) is 53.1 Å². The number of likely N-dealkylation sites (tertiary alicyclic amines) is 1. The molecule has 1 aromatic carbocycles. The minimum atomic E-state index is -0.179. The largest absolute Gasteiger partial charge is 0.365 e. The van der Waals surface area contributed by atoms with Crippen LogP contribution < -0.4 is 10.6 Å². The third-order valence-corrected chi connectivity index (χ3v) is 14.6. The molecule has 7 rings (SSSR count). The molecule has 2 N–H and O–H groups in total. The van der Waals surface area contributed by atoms with Gasteiger partial charge in [0.15, 0.2) is 0 Å². The lowest BCUT2D eigenvalue weighted by Gasteiger charge is -2.47. The van der Waals surface area contributed by atoms with E-state index >= 15 is 0 Å². The van der Waals surface area contributed by atoms with E-state index in [1.807, 2.05) is 18.2 Å². The number of amides is 2. The summed E-state index contributed by atoms with van der Waals surface area (Å²) in [5.41, 5.74) is 5.87. The number of nitrogens with zero attached hydrogens (tertiary/aromatic N) is 1. The van der Waals surface area contributed by atoms with Gasteiger partial charge in [0.25, 0.3) is 0 Å². The van der Waals surface area contributed by atoms with Gasteiger partial charge in [-0.2, -0.15) is 0 Å². The molecular formula is C44H63N3O4. The van der Waals surface area contributed by atoms with E-state index in [1.165, 1.54) is 24.0 Å². The van der Waals surface area contributed by atoms with Crippen molar-refractivity contribution in [3.8, 4) is 0 Å². The number of rotatable bonds is 12. The summed E-state index contributed by atoms with van der Waals surface area (Å²) in [7, 11) is 0. The van der Waals surface area contributed by atoms with Crippen molar-refractivity contribution in [1.29, 1.82) is 0 Å². The lowest BCUT2D eigenvalue weighted by molar-refractivity contribution is -0.122. The Hall–Kier alpha value is -2.77. The maximum Gasteiger partial charge on any atom is 0.220 e. The average molecular weight is 698 g/mol. The number of Topliss-reactive ketones (excluding diaryl/α,β-unsaturated/α-hetero) is 1. The van der Waals surface area contributed by atoms with Gasteiger partial charge in [-0.3, -0.25) is 19.3 Å². The lowest BCUT2D eigenvalue weighted by Crippen LogP contribution is -2.54. The number of fused-ring (bicyclic) bond motifs is 6. The fourth-order valence-electron chi connectivity index (χ4n) is 11.8. The van der Waals surface area contributed by atoms with Crippen molar-refractivity contribution in [1.82, 2.24) is 15.5 Å². The smallest absolute Gasteiger partial charge is 0.220 e. The maximum absolute atomic E-state index is 12.8. The van der Waals surface area contributed by atoms with Gasteiger partial charge in [0.05, 0.1) is 11.7 Å². The molecule has 0 radical (unpaired) electrons. The van der Waals surface area contributed by atoms with Gasteiger partial charge in [0.2, 0.25) is 11.8 Å². The molecule has 1 aromatic rings. The molecule has 2 saturated carbocycles. The Labute approximate surface area is 306 Å². The third-order valence-electron chi connectivity index (χ3n) is 14.6.